The Morgan fingerprint density at radius 2 is 1.90 bits per heavy atom. The van der Waals surface area contributed by atoms with Gasteiger partial charge >= 0.3 is 0 Å². The SMILES string of the molecule is Clc1cccc(Cn2nc(CNCCCn3ccnc3)c(-c3ccccc3)n2)c1. The van der Waals surface area contributed by atoms with E-state index in [0.29, 0.717) is 13.1 Å². The standard InChI is InChI=1S/C22H23ClN6/c23-20-9-4-6-18(14-20)16-29-26-21(22(27-29)19-7-2-1-3-8-19)15-24-10-5-12-28-13-11-25-17-28/h1-4,6-9,11,13-14,17,24H,5,10,12,15-16H2. The number of hydrogen-bond donors (Lipinski definition) is 1. The third-order valence-corrected chi connectivity index (χ3v) is 4.84. The van der Waals surface area contributed by atoms with E-state index in [2.05, 4.69) is 27.0 Å². The lowest BCUT2D eigenvalue weighted by molar-refractivity contribution is 0.558. The fraction of sp³-hybridized carbons (Fsp3) is 0.227. The zero-order valence-corrected chi connectivity index (χ0v) is 16.8. The van der Waals surface area contributed by atoms with Gasteiger partial charge in [-0.25, -0.2) is 4.98 Å². The molecule has 0 saturated carbocycles. The Bertz CT molecular complexity index is 1030. The highest BCUT2D eigenvalue weighted by molar-refractivity contribution is 6.30. The van der Waals surface area contributed by atoms with Gasteiger partial charge in [-0.3, -0.25) is 0 Å². The van der Waals surface area contributed by atoms with Crippen LogP contribution in [0.1, 0.15) is 17.7 Å². The van der Waals surface area contributed by atoms with Crippen molar-refractivity contribution in [1.82, 2.24) is 29.9 Å². The predicted octanol–water partition coefficient (Wildman–Crippen LogP) is 4.02. The van der Waals surface area contributed by atoms with Crippen molar-refractivity contribution in [3.8, 4) is 11.3 Å². The molecule has 29 heavy (non-hydrogen) atoms. The molecule has 2 aromatic carbocycles. The zero-order valence-electron chi connectivity index (χ0n) is 16.1. The normalized spacial score (nSPS) is 11.1. The minimum atomic E-state index is 0.584. The second-order valence-electron chi connectivity index (χ2n) is 6.85. The molecule has 2 aromatic heterocycles. The molecule has 0 fully saturated rings. The van der Waals surface area contributed by atoms with E-state index >= 15 is 0 Å². The molecule has 0 atom stereocenters. The molecule has 0 aliphatic carbocycles. The van der Waals surface area contributed by atoms with Crippen molar-refractivity contribution < 1.29 is 0 Å². The highest BCUT2D eigenvalue weighted by Crippen LogP contribution is 2.20. The summed E-state index contributed by atoms with van der Waals surface area (Å²) in [5.74, 6) is 0. The van der Waals surface area contributed by atoms with Gasteiger partial charge in [-0.2, -0.15) is 15.0 Å². The van der Waals surface area contributed by atoms with Gasteiger partial charge in [0.1, 0.15) is 11.4 Å². The van der Waals surface area contributed by atoms with E-state index in [1.807, 2.05) is 55.0 Å². The van der Waals surface area contributed by atoms with Crippen LogP contribution < -0.4 is 5.32 Å². The summed E-state index contributed by atoms with van der Waals surface area (Å²) in [5.41, 5.74) is 4.00. The number of nitrogens with one attached hydrogen (secondary N) is 1. The number of imidazole rings is 1. The quantitative estimate of drug-likeness (QED) is 0.426. The first-order chi connectivity index (χ1) is 14.3. The molecule has 4 aromatic rings. The average Bonchev–Trinajstić information content (AvgIpc) is 3.38. The lowest BCUT2D eigenvalue weighted by Crippen LogP contribution is -2.17. The van der Waals surface area contributed by atoms with Crippen LogP contribution in [-0.4, -0.2) is 31.1 Å². The molecule has 0 radical (unpaired) electrons. The third-order valence-electron chi connectivity index (χ3n) is 4.61. The Balaban J connectivity index is 1.44. The molecule has 0 spiro atoms. The van der Waals surface area contributed by atoms with Crippen LogP contribution in [0, 0.1) is 0 Å². The lowest BCUT2D eigenvalue weighted by atomic mass is 10.1. The van der Waals surface area contributed by atoms with Crippen molar-refractivity contribution in [3.05, 3.63) is 89.6 Å². The Morgan fingerprint density at radius 1 is 1.00 bits per heavy atom. The molecule has 2 heterocycles. The van der Waals surface area contributed by atoms with E-state index in [-0.39, 0.29) is 0 Å². The van der Waals surface area contributed by atoms with E-state index in [0.717, 1.165) is 47.0 Å². The number of rotatable bonds is 9. The summed E-state index contributed by atoms with van der Waals surface area (Å²) in [6.45, 7) is 3.10. The minimum Gasteiger partial charge on any atom is -0.337 e. The highest BCUT2D eigenvalue weighted by Gasteiger charge is 2.13. The predicted molar refractivity (Wildman–Crippen MR) is 115 cm³/mol. The van der Waals surface area contributed by atoms with Gasteiger partial charge in [0.15, 0.2) is 0 Å². The maximum Gasteiger partial charge on any atom is 0.117 e. The smallest absolute Gasteiger partial charge is 0.117 e. The van der Waals surface area contributed by atoms with Gasteiger partial charge in [-0.15, -0.1) is 0 Å². The number of aromatic nitrogens is 5. The molecule has 1 N–H and O–H groups in total. The lowest BCUT2D eigenvalue weighted by Gasteiger charge is -2.05. The minimum absolute atomic E-state index is 0.584. The molecule has 0 unspecified atom stereocenters. The first-order valence-electron chi connectivity index (χ1n) is 9.68. The van der Waals surface area contributed by atoms with E-state index in [9.17, 15) is 0 Å². The van der Waals surface area contributed by atoms with Crippen LogP contribution in [0.2, 0.25) is 5.02 Å². The number of halogens is 1. The molecule has 0 amide bonds. The largest absolute Gasteiger partial charge is 0.337 e. The van der Waals surface area contributed by atoms with Gasteiger partial charge in [0.25, 0.3) is 0 Å². The van der Waals surface area contributed by atoms with Gasteiger partial charge < -0.3 is 9.88 Å². The first kappa shape index (κ1) is 19.4. The Morgan fingerprint density at radius 3 is 2.69 bits per heavy atom. The number of aryl methyl sites for hydroxylation is 1. The molecule has 0 aliphatic rings. The highest BCUT2D eigenvalue weighted by atomic mass is 35.5. The van der Waals surface area contributed by atoms with Gasteiger partial charge in [0.2, 0.25) is 0 Å². The molecule has 0 aliphatic heterocycles. The van der Waals surface area contributed by atoms with Crippen LogP contribution in [0.15, 0.2) is 73.3 Å². The molecule has 148 valence electrons. The van der Waals surface area contributed by atoms with Crippen LogP contribution in [0.25, 0.3) is 11.3 Å². The van der Waals surface area contributed by atoms with Crippen LogP contribution in [0.3, 0.4) is 0 Å². The monoisotopic (exact) mass is 406 g/mol. The summed E-state index contributed by atoms with van der Waals surface area (Å²) in [6.07, 6.45) is 6.65. The van der Waals surface area contributed by atoms with E-state index < -0.39 is 0 Å². The van der Waals surface area contributed by atoms with Crippen LogP contribution >= 0.6 is 11.6 Å². The Kier molecular flexibility index (Phi) is 6.34. The summed E-state index contributed by atoms with van der Waals surface area (Å²) in [7, 11) is 0. The van der Waals surface area contributed by atoms with Crippen molar-refractivity contribution in [1.29, 1.82) is 0 Å². The molecular weight excluding hydrogens is 384 g/mol. The summed E-state index contributed by atoms with van der Waals surface area (Å²) >= 11 is 6.11. The fourth-order valence-corrected chi connectivity index (χ4v) is 3.42. The summed E-state index contributed by atoms with van der Waals surface area (Å²) in [6, 6.07) is 18.0. The van der Waals surface area contributed by atoms with Gasteiger partial charge in [-0.05, 0) is 30.7 Å². The summed E-state index contributed by atoms with van der Waals surface area (Å²) < 4.78 is 2.08. The molecule has 0 bridgehead atoms. The van der Waals surface area contributed by atoms with Crippen molar-refractivity contribution in [3.63, 3.8) is 0 Å². The molecule has 7 heteroatoms. The van der Waals surface area contributed by atoms with Crippen molar-refractivity contribution in [2.24, 2.45) is 0 Å². The van der Waals surface area contributed by atoms with E-state index in [1.54, 1.807) is 11.0 Å². The molecule has 6 nitrogen and oxygen atoms in total. The molecule has 4 rings (SSSR count). The second kappa shape index (κ2) is 9.49. The fourth-order valence-electron chi connectivity index (χ4n) is 3.20. The number of nitrogens with zero attached hydrogens (tertiary/aromatic N) is 5. The van der Waals surface area contributed by atoms with Gasteiger partial charge in [-0.1, -0.05) is 54.1 Å². The Labute approximate surface area is 175 Å². The third kappa shape index (κ3) is 5.31. The van der Waals surface area contributed by atoms with Crippen molar-refractivity contribution >= 4 is 11.6 Å². The molecular formula is C22H23ClN6. The average molecular weight is 407 g/mol. The maximum absolute atomic E-state index is 6.11. The van der Waals surface area contributed by atoms with Crippen molar-refractivity contribution in [2.75, 3.05) is 6.54 Å². The van der Waals surface area contributed by atoms with Crippen LogP contribution in [0.4, 0.5) is 0 Å². The van der Waals surface area contributed by atoms with E-state index in [1.165, 1.54) is 0 Å². The Hall–Kier alpha value is -2.96. The van der Waals surface area contributed by atoms with Crippen LogP contribution in [0.5, 0.6) is 0 Å². The second-order valence-corrected chi connectivity index (χ2v) is 7.29. The number of hydrogen-bond acceptors (Lipinski definition) is 4. The first-order valence-corrected chi connectivity index (χ1v) is 10.1. The summed E-state index contributed by atoms with van der Waals surface area (Å²) in [5, 5.41) is 13.7. The molecule has 0 saturated heterocycles. The van der Waals surface area contributed by atoms with E-state index in [4.69, 9.17) is 21.8 Å². The van der Waals surface area contributed by atoms with Gasteiger partial charge in [0.05, 0.1) is 12.9 Å². The summed E-state index contributed by atoms with van der Waals surface area (Å²) in [4.78, 5) is 5.82. The van der Waals surface area contributed by atoms with Gasteiger partial charge in [0, 0.05) is 36.1 Å². The topological polar surface area (TPSA) is 60.6 Å². The number of benzene rings is 2. The van der Waals surface area contributed by atoms with Crippen molar-refractivity contribution in [2.45, 2.75) is 26.1 Å². The zero-order chi connectivity index (χ0) is 19.9. The van der Waals surface area contributed by atoms with Crippen LogP contribution in [-0.2, 0) is 19.6 Å². The maximum atomic E-state index is 6.11.